The molecule has 0 spiro atoms. The molecule has 2 rings (SSSR count). The van der Waals surface area contributed by atoms with Crippen LogP contribution < -0.4 is 5.32 Å². The predicted molar refractivity (Wildman–Crippen MR) is 81.8 cm³/mol. The van der Waals surface area contributed by atoms with E-state index in [4.69, 9.17) is 5.26 Å². The van der Waals surface area contributed by atoms with Crippen LogP contribution in [-0.2, 0) is 9.53 Å². The summed E-state index contributed by atoms with van der Waals surface area (Å²) in [4.78, 5) is 11.3. The van der Waals surface area contributed by atoms with Crippen LogP contribution in [0.2, 0.25) is 0 Å². The number of carbonyl (C=O) groups is 1. The van der Waals surface area contributed by atoms with Crippen molar-refractivity contribution in [3.63, 3.8) is 0 Å². The number of benzene rings is 2. The first-order valence-electron chi connectivity index (χ1n) is 6.35. The summed E-state index contributed by atoms with van der Waals surface area (Å²) in [5.74, 6) is -0.635. The van der Waals surface area contributed by atoms with Gasteiger partial charge in [0.15, 0.2) is 0 Å². The average Bonchev–Trinajstić information content (AvgIpc) is 2.54. The summed E-state index contributed by atoms with van der Waals surface area (Å²) in [6.07, 6.45) is 1.50. The number of hydrogen-bond acceptors (Lipinski definition) is 4. The standard InChI is InChI=1S/C17H14N2O2/c1-21-17(20)14(12-18)11-13-7-9-16(10-8-13)19-15-5-3-2-4-6-15/h2-11,19H,1H3/b14-11+. The van der Waals surface area contributed by atoms with Crippen molar-refractivity contribution in [2.75, 3.05) is 12.4 Å². The molecule has 0 aliphatic carbocycles. The number of esters is 1. The van der Waals surface area contributed by atoms with Gasteiger partial charge in [0.05, 0.1) is 7.11 Å². The second kappa shape index (κ2) is 6.92. The number of para-hydroxylation sites is 1. The van der Waals surface area contributed by atoms with Gasteiger partial charge in [-0.1, -0.05) is 30.3 Å². The van der Waals surface area contributed by atoms with E-state index in [0.29, 0.717) is 0 Å². The maximum Gasteiger partial charge on any atom is 0.348 e. The Bertz CT molecular complexity index is 683. The first-order valence-corrected chi connectivity index (χ1v) is 6.35. The zero-order valence-corrected chi connectivity index (χ0v) is 11.5. The molecule has 0 saturated carbocycles. The van der Waals surface area contributed by atoms with Gasteiger partial charge in [-0.05, 0) is 35.9 Å². The van der Waals surface area contributed by atoms with Gasteiger partial charge in [0, 0.05) is 11.4 Å². The van der Waals surface area contributed by atoms with Gasteiger partial charge in [-0.25, -0.2) is 4.79 Å². The molecule has 0 fully saturated rings. The molecule has 4 nitrogen and oxygen atoms in total. The van der Waals surface area contributed by atoms with Crippen LogP contribution in [-0.4, -0.2) is 13.1 Å². The molecule has 0 saturated heterocycles. The lowest BCUT2D eigenvalue weighted by molar-refractivity contribution is -0.135. The van der Waals surface area contributed by atoms with Crippen molar-refractivity contribution in [3.05, 3.63) is 65.7 Å². The summed E-state index contributed by atoms with van der Waals surface area (Å²) < 4.78 is 4.54. The van der Waals surface area contributed by atoms with Crippen LogP contribution in [0.3, 0.4) is 0 Å². The molecule has 0 aliphatic rings. The molecule has 1 N–H and O–H groups in total. The van der Waals surface area contributed by atoms with Gasteiger partial charge in [-0.3, -0.25) is 0 Å². The van der Waals surface area contributed by atoms with Crippen LogP contribution in [0.15, 0.2) is 60.2 Å². The molecule has 2 aromatic rings. The van der Waals surface area contributed by atoms with Crippen molar-refractivity contribution in [1.29, 1.82) is 5.26 Å². The number of hydrogen-bond donors (Lipinski definition) is 1. The average molecular weight is 278 g/mol. The molecule has 0 aliphatic heterocycles. The number of ether oxygens (including phenoxy) is 1. The molecule has 0 aromatic heterocycles. The van der Waals surface area contributed by atoms with Crippen LogP contribution in [0.25, 0.3) is 6.08 Å². The van der Waals surface area contributed by atoms with Crippen LogP contribution in [0, 0.1) is 11.3 Å². The van der Waals surface area contributed by atoms with Crippen LogP contribution in [0.1, 0.15) is 5.56 Å². The number of nitrogens with zero attached hydrogens (tertiary/aromatic N) is 1. The van der Waals surface area contributed by atoms with Crippen molar-refractivity contribution in [3.8, 4) is 6.07 Å². The van der Waals surface area contributed by atoms with E-state index in [9.17, 15) is 4.79 Å². The van der Waals surface area contributed by atoms with Crippen molar-refractivity contribution < 1.29 is 9.53 Å². The number of nitriles is 1. The van der Waals surface area contributed by atoms with Gasteiger partial charge in [0.25, 0.3) is 0 Å². The first kappa shape index (κ1) is 14.4. The molecule has 2 aromatic carbocycles. The summed E-state index contributed by atoms with van der Waals surface area (Å²) in [6.45, 7) is 0. The third-order valence-corrected chi connectivity index (χ3v) is 2.81. The smallest absolute Gasteiger partial charge is 0.348 e. The summed E-state index contributed by atoms with van der Waals surface area (Å²) in [5, 5.41) is 12.2. The van der Waals surface area contributed by atoms with Gasteiger partial charge in [-0.2, -0.15) is 5.26 Å². The molecule has 0 unspecified atom stereocenters. The minimum atomic E-state index is -0.635. The molecule has 0 amide bonds. The largest absolute Gasteiger partial charge is 0.465 e. The summed E-state index contributed by atoms with van der Waals surface area (Å²) in [6, 6.07) is 19.0. The monoisotopic (exact) mass is 278 g/mol. The fraction of sp³-hybridized carbons (Fsp3) is 0.0588. The molecule has 4 heteroatoms. The molecule has 0 atom stereocenters. The quantitative estimate of drug-likeness (QED) is 0.528. The van der Waals surface area contributed by atoms with Gasteiger partial charge >= 0.3 is 5.97 Å². The van der Waals surface area contributed by atoms with E-state index in [2.05, 4.69) is 10.1 Å². The first-order chi connectivity index (χ1) is 10.2. The van der Waals surface area contributed by atoms with Gasteiger partial charge in [0.2, 0.25) is 0 Å². The van der Waals surface area contributed by atoms with E-state index in [1.807, 2.05) is 60.7 Å². The Labute approximate surface area is 123 Å². The number of anilines is 2. The second-order valence-electron chi connectivity index (χ2n) is 4.27. The van der Waals surface area contributed by atoms with E-state index in [0.717, 1.165) is 16.9 Å². The molecular weight excluding hydrogens is 264 g/mol. The number of methoxy groups -OCH3 is 1. The third-order valence-electron chi connectivity index (χ3n) is 2.81. The minimum Gasteiger partial charge on any atom is -0.465 e. The Kier molecular flexibility index (Phi) is 4.73. The van der Waals surface area contributed by atoms with E-state index in [1.165, 1.54) is 13.2 Å². The van der Waals surface area contributed by atoms with Crippen LogP contribution in [0.4, 0.5) is 11.4 Å². The van der Waals surface area contributed by atoms with E-state index < -0.39 is 5.97 Å². The van der Waals surface area contributed by atoms with Crippen molar-refractivity contribution in [1.82, 2.24) is 0 Å². The predicted octanol–water partition coefficient (Wildman–Crippen LogP) is 3.51. The zero-order chi connectivity index (χ0) is 15.1. The lowest BCUT2D eigenvalue weighted by atomic mass is 10.1. The maximum atomic E-state index is 11.3. The maximum absolute atomic E-state index is 11.3. The summed E-state index contributed by atoms with van der Waals surface area (Å²) in [5.41, 5.74) is 2.65. The Morgan fingerprint density at radius 1 is 1.10 bits per heavy atom. The number of nitrogens with one attached hydrogen (secondary N) is 1. The lowest BCUT2D eigenvalue weighted by Gasteiger charge is -2.06. The fourth-order valence-electron chi connectivity index (χ4n) is 1.76. The van der Waals surface area contributed by atoms with E-state index in [1.54, 1.807) is 0 Å². The molecule has 0 bridgehead atoms. The molecule has 0 radical (unpaired) electrons. The van der Waals surface area contributed by atoms with Crippen molar-refractivity contribution in [2.45, 2.75) is 0 Å². The fourth-order valence-corrected chi connectivity index (χ4v) is 1.76. The minimum absolute atomic E-state index is 0.0266. The highest BCUT2D eigenvalue weighted by atomic mass is 16.5. The molecular formula is C17H14N2O2. The van der Waals surface area contributed by atoms with E-state index >= 15 is 0 Å². The number of rotatable bonds is 4. The van der Waals surface area contributed by atoms with Crippen molar-refractivity contribution >= 4 is 23.4 Å². The number of carbonyl (C=O) groups excluding carboxylic acids is 1. The second-order valence-corrected chi connectivity index (χ2v) is 4.27. The Hall–Kier alpha value is -3.06. The SMILES string of the molecule is COC(=O)/C(C#N)=C/c1ccc(Nc2ccccc2)cc1. The lowest BCUT2D eigenvalue weighted by Crippen LogP contribution is -2.02. The van der Waals surface area contributed by atoms with Gasteiger partial charge in [-0.15, -0.1) is 0 Å². The van der Waals surface area contributed by atoms with E-state index in [-0.39, 0.29) is 5.57 Å². The van der Waals surface area contributed by atoms with Crippen LogP contribution >= 0.6 is 0 Å². The zero-order valence-electron chi connectivity index (χ0n) is 11.5. The summed E-state index contributed by atoms with van der Waals surface area (Å²) >= 11 is 0. The Morgan fingerprint density at radius 2 is 1.71 bits per heavy atom. The van der Waals surface area contributed by atoms with Crippen LogP contribution in [0.5, 0.6) is 0 Å². The molecule has 21 heavy (non-hydrogen) atoms. The highest BCUT2D eigenvalue weighted by molar-refractivity contribution is 5.97. The topological polar surface area (TPSA) is 62.1 Å². The summed E-state index contributed by atoms with van der Waals surface area (Å²) in [7, 11) is 1.25. The highest BCUT2D eigenvalue weighted by Crippen LogP contribution is 2.17. The highest BCUT2D eigenvalue weighted by Gasteiger charge is 2.08. The Morgan fingerprint density at radius 3 is 2.29 bits per heavy atom. The van der Waals surface area contributed by atoms with Crippen molar-refractivity contribution in [2.24, 2.45) is 0 Å². The third kappa shape index (κ3) is 3.95. The van der Waals surface area contributed by atoms with Gasteiger partial charge in [0.1, 0.15) is 11.6 Å². The van der Waals surface area contributed by atoms with Gasteiger partial charge < -0.3 is 10.1 Å². The molecule has 104 valence electrons. The normalized spacial score (nSPS) is 10.6. The molecule has 0 heterocycles. The Balaban J connectivity index is 2.14.